The second kappa shape index (κ2) is 7.84. The monoisotopic (exact) mass is 408 g/mol. The van der Waals surface area contributed by atoms with E-state index in [0.717, 1.165) is 16.3 Å². The standard InChI is InChI=1S/C21H17FN4O2S/c1-13-23-9-10-26(13)19-8-5-15(11-17(19)22)24-20(27)18-12-29-21(25-18)14-3-6-16(28-2)7-4-14/h3-12H,1-2H3,(H,24,27). The Hall–Kier alpha value is -3.52. The quantitative estimate of drug-likeness (QED) is 0.520. The molecule has 0 saturated carbocycles. The lowest BCUT2D eigenvalue weighted by Gasteiger charge is -2.09. The smallest absolute Gasteiger partial charge is 0.275 e. The topological polar surface area (TPSA) is 69.0 Å². The summed E-state index contributed by atoms with van der Waals surface area (Å²) in [6.07, 6.45) is 3.29. The summed E-state index contributed by atoms with van der Waals surface area (Å²) in [6.45, 7) is 1.79. The fourth-order valence-electron chi connectivity index (χ4n) is 2.85. The van der Waals surface area contributed by atoms with E-state index in [1.54, 1.807) is 48.5 Å². The fourth-order valence-corrected chi connectivity index (χ4v) is 3.66. The highest BCUT2D eigenvalue weighted by atomic mass is 32.1. The number of nitrogens with zero attached hydrogens (tertiary/aromatic N) is 3. The zero-order chi connectivity index (χ0) is 20.4. The van der Waals surface area contributed by atoms with E-state index in [1.165, 1.54) is 17.4 Å². The van der Waals surface area contributed by atoms with Gasteiger partial charge >= 0.3 is 0 Å². The molecule has 0 spiro atoms. The van der Waals surface area contributed by atoms with Crippen molar-refractivity contribution in [1.29, 1.82) is 0 Å². The van der Waals surface area contributed by atoms with Crippen LogP contribution in [0.4, 0.5) is 10.1 Å². The number of amides is 1. The highest BCUT2D eigenvalue weighted by Crippen LogP contribution is 2.26. The van der Waals surface area contributed by atoms with Gasteiger partial charge in [0.1, 0.15) is 28.1 Å². The van der Waals surface area contributed by atoms with Gasteiger partial charge in [0.05, 0.1) is 12.8 Å². The Balaban J connectivity index is 1.50. The predicted molar refractivity (Wildman–Crippen MR) is 110 cm³/mol. The van der Waals surface area contributed by atoms with Gasteiger partial charge in [0, 0.05) is 29.0 Å². The van der Waals surface area contributed by atoms with Gasteiger partial charge in [-0.2, -0.15) is 0 Å². The van der Waals surface area contributed by atoms with Gasteiger partial charge in [0.25, 0.3) is 5.91 Å². The first-order chi connectivity index (χ1) is 14.0. The molecule has 0 aliphatic rings. The largest absolute Gasteiger partial charge is 0.497 e. The zero-order valence-electron chi connectivity index (χ0n) is 15.7. The normalized spacial score (nSPS) is 10.7. The summed E-state index contributed by atoms with van der Waals surface area (Å²) < 4.78 is 21.3. The Morgan fingerprint density at radius 1 is 1.21 bits per heavy atom. The second-order valence-electron chi connectivity index (χ2n) is 6.23. The molecule has 8 heteroatoms. The van der Waals surface area contributed by atoms with Crippen LogP contribution < -0.4 is 10.1 Å². The van der Waals surface area contributed by atoms with Gasteiger partial charge in [-0.05, 0) is 49.4 Å². The first kappa shape index (κ1) is 18.8. The van der Waals surface area contributed by atoms with Gasteiger partial charge < -0.3 is 14.6 Å². The van der Waals surface area contributed by atoms with Crippen molar-refractivity contribution in [2.45, 2.75) is 6.92 Å². The summed E-state index contributed by atoms with van der Waals surface area (Å²) in [5.41, 5.74) is 1.89. The van der Waals surface area contributed by atoms with Gasteiger partial charge in [-0.25, -0.2) is 14.4 Å². The number of imidazole rings is 1. The molecule has 0 fully saturated rings. The molecule has 29 heavy (non-hydrogen) atoms. The number of hydrogen-bond acceptors (Lipinski definition) is 5. The molecule has 4 aromatic rings. The number of aromatic nitrogens is 3. The van der Waals surface area contributed by atoms with Gasteiger partial charge in [-0.3, -0.25) is 4.79 Å². The minimum Gasteiger partial charge on any atom is -0.497 e. The lowest BCUT2D eigenvalue weighted by Crippen LogP contribution is -2.12. The Bertz CT molecular complexity index is 1170. The van der Waals surface area contributed by atoms with E-state index >= 15 is 0 Å². The van der Waals surface area contributed by atoms with E-state index in [0.29, 0.717) is 17.2 Å². The van der Waals surface area contributed by atoms with E-state index in [-0.39, 0.29) is 5.69 Å². The van der Waals surface area contributed by atoms with Crippen molar-refractivity contribution >= 4 is 22.9 Å². The molecule has 0 aliphatic heterocycles. The molecule has 146 valence electrons. The van der Waals surface area contributed by atoms with Gasteiger partial charge in [0.15, 0.2) is 0 Å². The Labute approximate surface area is 170 Å². The van der Waals surface area contributed by atoms with Crippen LogP contribution in [0.5, 0.6) is 5.75 Å². The fraction of sp³-hybridized carbons (Fsp3) is 0.0952. The van der Waals surface area contributed by atoms with Crippen LogP contribution in [0.1, 0.15) is 16.3 Å². The van der Waals surface area contributed by atoms with Crippen LogP contribution in [0.2, 0.25) is 0 Å². The molecule has 0 aliphatic carbocycles. The number of hydrogen-bond donors (Lipinski definition) is 1. The molecule has 0 bridgehead atoms. The van der Waals surface area contributed by atoms with E-state index in [1.807, 2.05) is 24.3 Å². The third-order valence-electron chi connectivity index (χ3n) is 4.36. The van der Waals surface area contributed by atoms with Crippen molar-refractivity contribution in [2.24, 2.45) is 0 Å². The Morgan fingerprint density at radius 3 is 2.66 bits per heavy atom. The number of thiazole rings is 1. The molecule has 4 rings (SSSR count). The molecule has 0 radical (unpaired) electrons. The van der Waals surface area contributed by atoms with Crippen LogP contribution >= 0.6 is 11.3 Å². The average molecular weight is 408 g/mol. The number of halogens is 1. The van der Waals surface area contributed by atoms with Crippen molar-refractivity contribution in [3.8, 4) is 22.0 Å². The molecule has 1 amide bonds. The lowest BCUT2D eigenvalue weighted by atomic mass is 10.2. The second-order valence-corrected chi connectivity index (χ2v) is 7.09. The van der Waals surface area contributed by atoms with Crippen molar-refractivity contribution in [1.82, 2.24) is 14.5 Å². The van der Waals surface area contributed by atoms with Crippen LogP contribution in [-0.2, 0) is 0 Å². The first-order valence-electron chi connectivity index (χ1n) is 8.76. The van der Waals surface area contributed by atoms with E-state index in [4.69, 9.17) is 4.74 Å². The number of carbonyl (C=O) groups is 1. The predicted octanol–water partition coefficient (Wildman–Crippen LogP) is 4.70. The number of ether oxygens (including phenoxy) is 1. The summed E-state index contributed by atoms with van der Waals surface area (Å²) in [6, 6.07) is 12.0. The molecule has 0 atom stereocenters. The molecule has 2 aromatic heterocycles. The SMILES string of the molecule is COc1ccc(-c2nc(C(=O)Nc3ccc(-n4ccnc4C)c(F)c3)cs2)cc1. The molecular formula is C21H17FN4O2S. The van der Waals surface area contributed by atoms with Gasteiger partial charge in [0.2, 0.25) is 0 Å². The van der Waals surface area contributed by atoms with Crippen molar-refractivity contribution in [3.63, 3.8) is 0 Å². The van der Waals surface area contributed by atoms with Crippen LogP contribution in [0, 0.1) is 12.7 Å². The maximum absolute atomic E-state index is 14.5. The summed E-state index contributed by atoms with van der Waals surface area (Å²) >= 11 is 1.36. The third-order valence-corrected chi connectivity index (χ3v) is 5.26. The van der Waals surface area contributed by atoms with Crippen LogP contribution in [0.15, 0.2) is 60.2 Å². The number of aryl methyl sites for hydroxylation is 1. The zero-order valence-corrected chi connectivity index (χ0v) is 16.5. The number of methoxy groups -OCH3 is 1. The lowest BCUT2D eigenvalue weighted by molar-refractivity contribution is 0.102. The molecule has 2 heterocycles. The minimum atomic E-state index is -0.457. The minimum absolute atomic E-state index is 0.274. The number of benzene rings is 2. The number of nitrogens with one attached hydrogen (secondary N) is 1. The summed E-state index contributed by atoms with van der Waals surface area (Å²) in [5, 5.41) is 5.08. The van der Waals surface area contributed by atoms with E-state index in [9.17, 15) is 9.18 Å². The maximum atomic E-state index is 14.5. The summed E-state index contributed by atoms with van der Waals surface area (Å²) in [7, 11) is 1.60. The van der Waals surface area contributed by atoms with Crippen LogP contribution in [-0.4, -0.2) is 27.6 Å². The number of carbonyl (C=O) groups excluding carboxylic acids is 1. The third kappa shape index (κ3) is 3.88. The number of rotatable bonds is 5. The highest BCUT2D eigenvalue weighted by molar-refractivity contribution is 7.13. The van der Waals surface area contributed by atoms with Crippen molar-refractivity contribution in [3.05, 3.63) is 77.6 Å². The number of anilines is 1. The molecule has 1 N–H and O–H groups in total. The van der Waals surface area contributed by atoms with Gasteiger partial charge in [-0.15, -0.1) is 11.3 Å². The Kier molecular flexibility index (Phi) is 5.09. The molecular weight excluding hydrogens is 391 g/mol. The van der Waals surface area contributed by atoms with E-state index in [2.05, 4.69) is 15.3 Å². The van der Waals surface area contributed by atoms with Crippen molar-refractivity contribution in [2.75, 3.05) is 12.4 Å². The van der Waals surface area contributed by atoms with Crippen LogP contribution in [0.25, 0.3) is 16.3 Å². The maximum Gasteiger partial charge on any atom is 0.275 e. The molecule has 0 saturated heterocycles. The highest BCUT2D eigenvalue weighted by Gasteiger charge is 2.14. The molecule has 6 nitrogen and oxygen atoms in total. The van der Waals surface area contributed by atoms with E-state index < -0.39 is 11.7 Å². The summed E-state index contributed by atoms with van der Waals surface area (Å²) in [4.78, 5) is 21.0. The Morgan fingerprint density at radius 2 is 2.00 bits per heavy atom. The molecule has 2 aromatic carbocycles. The van der Waals surface area contributed by atoms with Gasteiger partial charge in [-0.1, -0.05) is 0 Å². The van der Waals surface area contributed by atoms with Crippen molar-refractivity contribution < 1.29 is 13.9 Å². The summed E-state index contributed by atoms with van der Waals surface area (Å²) in [5.74, 6) is 0.571. The first-order valence-corrected chi connectivity index (χ1v) is 9.64. The van der Waals surface area contributed by atoms with Crippen LogP contribution in [0.3, 0.4) is 0 Å². The molecule has 0 unspecified atom stereocenters. The average Bonchev–Trinajstić information content (AvgIpc) is 3.38.